The van der Waals surface area contributed by atoms with Gasteiger partial charge in [0.25, 0.3) is 0 Å². The Labute approximate surface area is 80.0 Å². The van der Waals surface area contributed by atoms with Gasteiger partial charge in [0.05, 0.1) is 13.2 Å². The van der Waals surface area contributed by atoms with Crippen LogP contribution < -0.4 is 11.1 Å². The van der Waals surface area contributed by atoms with Crippen LogP contribution in [-0.4, -0.2) is 32.8 Å². The summed E-state index contributed by atoms with van der Waals surface area (Å²) in [5, 5.41) is 3.52. The Morgan fingerprint density at radius 1 is 1.38 bits per heavy atom. The average molecular weight is 184 g/mol. The third-order valence-electron chi connectivity index (χ3n) is 3.41. The fourth-order valence-electron chi connectivity index (χ4n) is 1.92. The van der Waals surface area contributed by atoms with Gasteiger partial charge in [-0.3, -0.25) is 0 Å². The van der Waals surface area contributed by atoms with Crippen molar-refractivity contribution in [3.63, 3.8) is 0 Å². The SMILES string of the molecule is NCC1(CNCC2CCC2)COC1. The van der Waals surface area contributed by atoms with Gasteiger partial charge in [0, 0.05) is 18.5 Å². The van der Waals surface area contributed by atoms with Crippen molar-refractivity contribution in [2.45, 2.75) is 19.3 Å². The average Bonchev–Trinajstić information content (AvgIpc) is 1.99. The Morgan fingerprint density at radius 2 is 2.15 bits per heavy atom. The van der Waals surface area contributed by atoms with Gasteiger partial charge in [-0.15, -0.1) is 0 Å². The minimum Gasteiger partial charge on any atom is -0.380 e. The molecule has 0 unspecified atom stereocenters. The molecule has 13 heavy (non-hydrogen) atoms. The number of nitrogens with two attached hydrogens (primary N) is 1. The Hall–Kier alpha value is -0.120. The summed E-state index contributed by atoms with van der Waals surface area (Å²) in [6.45, 7) is 4.68. The van der Waals surface area contributed by atoms with Gasteiger partial charge in [-0.1, -0.05) is 6.42 Å². The van der Waals surface area contributed by atoms with E-state index >= 15 is 0 Å². The molecule has 3 nitrogen and oxygen atoms in total. The van der Waals surface area contributed by atoms with Crippen LogP contribution in [0.15, 0.2) is 0 Å². The van der Waals surface area contributed by atoms with Crippen molar-refractivity contribution in [3.8, 4) is 0 Å². The number of hydrogen-bond acceptors (Lipinski definition) is 3. The predicted molar refractivity (Wildman–Crippen MR) is 52.5 cm³/mol. The van der Waals surface area contributed by atoms with Crippen LogP contribution in [-0.2, 0) is 4.74 Å². The molecule has 0 amide bonds. The van der Waals surface area contributed by atoms with E-state index in [1.165, 1.54) is 25.8 Å². The van der Waals surface area contributed by atoms with E-state index in [-0.39, 0.29) is 5.41 Å². The second-order valence-corrected chi connectivity index (χ2v) is 4.62. The lowest BCUT2D eigenvalue weighted by Gasteiger charge is -2.41. The van der Waals surface area contributed by atoms with Gasteiger partial charge in [-0.25, -0.2) is 0 Å². The molecular weight excluding hydrogens is 164 g/mol. The molecule has 0 aromatic carbocycles. The molecular formula is C10H20N2O. The minimum absolute atomic E-state index is 0.268. The first-order chi connectivity index (χ1) is 6.35. The van der Waals surface area contributed by atoms with Crippen molar-refractivity contribution in [2.24, 2.45) is 17.1 Å². The highest BCUT2D eigenvalue weighted by Gasteiger charge is 2.36. The number of nitrogens with one attached hydrogen (secondary N) is 1. The van der Waals surface area contributed by atoms with Gasteiger partial charge in [-0.05, 0) is 25.3 Å². The zero-order chi connectivity index (χ0) is 9.15. The summed E-state index contributed by atoms with van der Waals surface area (Å²) in [5.41, 5.74) is 5.98. The van der Waals surface area contributed by atoms with Gasteiger partial charge in [0.1, 0.15) is 0 Å². The minimum atomic E-state index is 0.268. The monoisotopic (exact) mass is 184 g/mol. The molecule has 1 saturated carbocycles. The van der Waals surface area contributed by atoms with Crippen LogP contribution in [0.2, 0.25) is 0 Å². The molecule has 1 heterocycles. The molecule has 0 atom stereocenters. The molecule has 0 radical (unpaired) electrons. The molecule has 76 valence electrons. The molecule has 0 spiro atoms. The van der Waals surface area contributed by atoms with E-state index < -0.39 is 0 Å². The molecule has 0 aromatic rings. The summed E-state index contributed by atoms with van der Waals surface area (Å²) in [4.78, 5) is 0. The summed E-state index contributed by atoms with van der Waals surface area (Å²) in [6.07, 6.45) is 4.26. The van der Waals surface area contributed by atoms with Crippen molar-refractivity contribution < 1.29 is 4.74 Å². The zero-order valence-corrected chi connectivity index (χ0v) is 8.22. The highest BCUT2D eigenvalue weighted by molar-refractivity contribution is 4.89. The summed E-state index contributed by atoms with van der Waals surface area (Å²) < 4.78 is 5.21. The summed E-state index contributed by atoms with van der Waals surface area (Å²) in [7, 11) is 0. The van der Waals surface area contributed by atoms with E-state index in [2.05, 4.69) is 5.32 Å². The molecule has 1 saturated heterocycles. The van der Waals surface area contributed by atoms with Crippen LogP contribution in [0.4, 0.5) is 0 Å². The van der Waals surface area contributed by atoms with Crippen molar-refractivity contribution in [1.82, 2.24) is 5.32 Å². The highest BCUT2D eigenvalue weighted by atomic mass is 16.5. The topological polar surface area (TPSA) is 47.3 Å². The lowest BCUT2D eigenvalue weighted by atomic mass is 9.83. The standard InChI is InChI=1S/C10H20N2O/c11-5-10(7-13-8-10)6-12-4-9-2-1-3-9/h9,12H,1-8,11H2. The third kappa shape index (κ3) is 2.03. The van der Waals surface area contributed by atoms with E-state index in [4.69, 9.17) is 10.5 Å². The summed E-state index contributed by atoms with van der Waals surface area (Å²) in [5.74, 6) is 0.941. The maximum atomic E-state index is 5.71. The fraction of sp³-hybridized carbons (Fsp3) is 1.00. The highest BCUT2D eigenvalue weighted by Crippen LogP contribution is 2.27. The zero-order valence-electron chi connectivity index (χ0n) is 8.22. The summed E-state index contributed by atoms with van der Waals surface area (Å²) >= 11 is 0. The quantitative estimate of drug-likeness (QED) is 0.648. The van der Waals surface area contributed by atoms with Crippen molar-refractivity contribution in [1.29, 1.82) is 0 Å². The molecule has 1 aliphatic heterocycles. The Kier molecular flexibility index (Phi) is 2.86. The first-order valence-corrected chi connectivity index (χ1v) is 5.33. The smallest absolute Gasteiger partial charge is 0.0569 e. The number of hydrogen-bond donors (Lipinski definition) is 2. The molecule has 2 fully saturated rings. The fourth-order valence-corrected chi connectivity index (χ4v) is 1.92. The van der Waals surface area contributed by atoms with Crippen molar-refractivity contribution >= 4 is 0 Å². The van der Waals surface area contributed by atoms with Gasteiger partial charge in [0.2, 0.25) is 0 Å². The van der Waals surface area contributed by atoms with Crippen LogP contribution >= 0.6 is 0 Å². The largest absolute Gasteiger partial charge is 0.380 e. The molecule has 1 aliphatic carbocycles. The Bertz CT molecular complexity index is 159. The maximum Gasteiger partial charge on any atom is 0.0569 e. The Morgan fingerprint density at radius 3 is 2.54 bits per heavy atom. The Balaban J connectivity index is 1.60. The summed E-state index contributed by atoms with van der Waals surface area (Å²) in [6, 6.07) is 0. The van der Waals surface area contributed by atoms with Crippen LogP contribution in [0, 0.1) is 11.3 Å². The molecule has 2 rings (SSSR count). The number of ether oxygens (including phenoxy) is 1. The van der Waals surface area contributed by atoms with Crippen LogP contribution in [0.3, 0.4) is 0 Å². The van der Waals surface area contributed by atoms with Gasteiger partial charge in [-0.2, -0.15) is 0 Å². The van der Waals surface area contributed by atoms with Gasteiger partial charge >= 0.3 is 0 Å². The maximum absolute atomic E-state index is 5.71. The van der Waals surface area contributed by atoms with Crippen molar-refractivity contribution in [2.75, 3.05) is 32.8 Å². The second-order valence-electron chi connectivity index (χ2n) is 4.62. The normalized spacial score (nSPS) is 26.5. The molecule has 3 heteroatoms. The van der Waals surface area contributed by atoms with Crippen LogP contribution in [0.1, 0.15) is 19.3 Å². The lowest BCUT2D eigenvalue weighted by Crippen LogP contribution is -2.54. The first kappa shape index (κ1) is 9.44. The number of rotatable bonds is 5. The van der Waals surface area contributed by atoms with Gasteiger partial charge < -0.3 is 15.8 Å². The predicted octanol–water partition coefficient (Wildman–Crippen LogP) is 0.351. The first-order valence-electron chi connectivity index (χ1n) is 5.33. The van der Waals surface area contributed by atoms with Gasteiger partial charge in [0.15, 0.2) is 0 Å². The van der Waals surface area contributed by atoms with E-state index in [0.717, 1.165) is 32.2 Å². The third-order valence-corrected chi connectivity index (χ3v) is 3.41. The van der Waals surface area contributed by atoms with E-state index in [9.17, 15) is 0 Å². The molecule has 0 bridgehead atoms. The lowest BCUT2D eigenvalue weighted by molar-refractivity contribution is -0.105. The van der Waals surface area contributed by atoms with E-state index in [1.807, 2.05) is 0 Å². The molecule has 0 aromatic heterocycles. The van der Waals surface area contributed by atoms with Crippen LogP contribution in [0.25, 0.3) is 0 Å². The second kappa shape index (κ2) is 3.95. The molecule has 3 N–H and O–H groups in total. The van der Waals surface area contributed by atoms with E-state index in [1.54, 1.807) is 0 Å². The van der Waals surface area contributed by atoms with E-state index in [0.29, 0.717) is 0 Å². The van der Waals surface area contributed by atoms with Crippen molar-refractivity contribution in [3.05, 3.63) is 0 Å². The van der Waals surface area contributed by atoms with Crippen LogP contribution in [0.5, 0.6) is 0 Å². The molecule has 2 aliphatic rings.